The van der Waals surface area contributed by atoms with E-state index in [1.54, 1.807) is 37.3 Å². The molecule has 2 N–H and O–H groups in total. The Hall–Kier alpha value is -2.14. The van der Waals surface area contributed by atoms with Crippen LogP contribution in [0.2, 0.25) is 0 Å². The number of nitrogens with zero attached hydrogens (tertiary/aromatic N) is 1. The molecule has 106 valence electrons. The van der Waals surface area contributed by atoms with E-state index in [0.29, 0.717) is 25.3 Å². The molecular formula is C15H17FN2O2. The first-order valence-corrected chi connectivity index (χ1v) is 6.46. The molecule has 0 bridgehead atoms. The Labute approximate surface area is 117 Å². The van der Waals surface area contributed by atoms with Crippen LogP contribution in [0.25, 0.3) is 0 Å². The molecule has 1 heterocycles. The average molecular weight is 276 g/mol. The van der Waals surface area contributed by atoms with Crippen molar-refractivity contribution in [3.8, 4) is 0 Å². The molecule has 0 spiro atoms. The third-order valence-electron chi connectivity index (χ3n) is 2.93. The van der Waals surface area contributed by atoms with Gasteiger partial charge in [0.25, 0.3) is 5.91 Å². The lowest BCUT2D eigenvalue weighted by molar-refractivity contribution is 0.0958. The summed E-state index contributed by atoms with van der Waals surface area (Å²) in [4.78, 5) is 13.8. The van der Waals surface area contributed by atoms with E-state index in [4.69, 9.17) is 10.2 Å². The van der Waals surface area contributed by atoms with Gasteiger partial charge in [-0.1, -0.05) is 12.1 Å². The summed E-state index contributed by atoms with van der Waals surface area (Å²) in [6, 6.07) is 9.46. The number of carbonyl (C=O) groups excluding carboxylic acids is 1. The summed E-state index contributed by atoms with van der Waals surface area (Å²) in [5, 5.41) is 0. The highest BCUT2D eigenvalue weighted by atomic mass is 19.1. The molecule has 0 atom stereocenters. The molecular weight excluding hydrogens is 259 g/mol. The third kappa shape index (κ3) is 3.05. The van der Waals surface area contributed by atoms with Crippen LogP contribution in [0.5, 0.6) is 0 Å². The van der Waals surface area contributed by atoms with E-state index < -0.39 is 5.82 Å². The molecule has 0 aliphatic carbocycles. The number of para-hydroxylation sites is 1. The molecule has 0 unspecified atom stereocenters. The van der Waals surface area contributed by atoms with Crippen LogP contribution in [0.1, 0.15) is 22.7 Å². The second-order valence-corrected chi connectivity index (χ2v) is 4.46. The second kappa shape index (κ2) is 6.34. The molecule has 0 fully saturated rings. The van der Waals surface area contributed by atoms with Crippen molar-refractivity contribution in [1.82, 2.24) is 0 Å². The highest BCUT2D eigenvalue weighted by molar-refractivity contribution is 6.04. The van der Waals surface area contributed by atoms with Crippen molar-refractivity contribution in [2.24, 2.45) is 5.73 Å². The number of carbonyl (C=O) groups is 1. The van der Waals surface area contributed by atoms with Gasteiger partial charge >= 0.3 is 0 Å². The average Bonchev–Trinajstić information content (AvgIpc) is 2.87. The van der Waals surface area contributed by atoms with Crippen LogP contribution >= 0.6 is 0 Å². The third-order valence-corrected chi connectivity index (χ3v) is 2.93. The van der Waals surface area contributed by atoms with Crippen LogP contribution in [0.15, 0.2) is 40.8 Å². The number of hydrogen-bond donors (Lipinski definition) is 1. The van der Waals surface area contributed by atoms with Gasteiger partial charge in [-0.2, -0.15) is 0 Å². The van der Waals surface area contributed by atoms with Crippen molar-refractivity contribution in [1.29, 1.82) is 0 Å². The van der Waals surface area contributed by atoms with E-state index in [1.807, 2.05) is 0 Å². The number of aryl methyl sites for hydroxylation is 1. The van der Waals surface area contributed by atoms with Gasteiger partial charge in [-0.25, -0.2) is 4.39 Å². The standard InChI is InChI=1S/C15H17FN2O2/c1-11-7-8-14(20-11)15(19)18(10-4-9-17)13-6-3-2-5-12(13)16/h2-3,5-8H,4,9-10,17H2,1H3. The lowest BCUT2D eigenvalue weighted by Gasteiger charge is -2.22. The van der Waals surface area contributed by atoms with Crippen molar-refractivity contribution in [3.05, 3.63) is 53.7 Å². The largest absolute Gasteiger partial charge is 0.456 e. The van der Waals surface area contributed by atoms with E-state index in [9.17, 15) is 9.18 Å². The van der Waals surface area contributed by atoms with Crippen molar-refractivity contribution in [3.63, 3.8) is 0 Å². The maximum atomic E-state index is 13.9. The van der Waals surface area contributed by atoms with Crippen LogP contribution in [-0.2, 0) is 0 Å². The number of furan rings is 1. The quantitative estimate of drug-likeness (QED) is 0.913. The predicted octanol–water partition coefficient (Wildman–Crippen LogP) is 2.72. The fourth-order valence-electron chi connectivity index (χ4n) is 1.93. The molecule has 2 aromatic rings. The van der Waals surface area contributed by atoms with E-state index in [2.05, 4.69) is 0 Å². The Bertz CT molecular complexity index is 595. The topological polar surface area (TPSA) is 59.5 Å². The molecule has 0 saturated carbocycles. The molecule has 1 amide bonds. The zero-order chi connectivity index (χ0) is 14.5. The van der Waals surface area contributed by atoms with E-state index in [-0.39, 0.29) is 17.4 Å². The summed E-state index contributed by atoms with van der Waals surface area (Å²) in [5.74, 6) is 0.0289. The van der Waals surface area contributed by atoms with Crippen LogP contribution in [-0.4, -0.2) is 19.0 Å². The molecule has 0 aliphatic heterocycles. The molecule has 0 saturated heterocycles. The van der Waals surface area contributed by atoms with E-state index in [0.717, 1.165) is 0 Å². The van der Waals surface area contributed by atoms with Gasteiger partial charge in [-0.05, 0) is 44.2 Å². The Morgan fingerprint density at radius 3 is 2.65 bits per heavy atom. The lowest BCUT2D eigenvalue weighted by atomic mass is 10.2. The van der Waals surface area contributed by atoms with Crippen LogP contribution in [0.3, 0.4) is 0 Å². The summed E-state index contributed by atoms with van der Waals surface area (Å²) >= 11 is 0. The Balaban J connectivity index is 2.32. The smallest absolute Gasteiger partial charge is 0.294 e. The van der Waals surface area contributed by atoms with Gasteiger partial charge in [-0.3, -0.25) is 4.79 Å². The first-order chi connectivity index (χ1) is 9.63. The molecule has 4 nitrogen and oxygen atoms in total. The first-order valence-electron chi connectivity index (χ1n) is 6.46. The first kappa shape index (κ1) is 14.3. The van der Waals surface area contributed by atoms with Crippen molar-refractivity contribution >= 4 is 11.6 Å². The van der Waals surface area contributed by atoms with Crippen LogP contribution in [0, 0.1) is 12.7 Å². The van der Waals surface area contributed by atoms with Gasteiger partial charge < -0.3 is 15.1 Å². The minimum Gasteiger partial charge on any atom is -0.456 e. The Kier molecular flexibility index (Phi) is 4.53. The van der Waals surface area contributed by atoms with Crippen molar-refractivity contribution in [2.75, 3.05) is 18.0 Å². The Morgan fingerprint density at radius 2 is 2.05 bits per heavy atom. The molecule has 20 heavy (non-hydrogen) atoms. The molecule has 1 aromatic heterocycles. The molecule has 0 radical (unpaired) electrons. The van der Waals surface area contributed by atoms with Crippen LogP contribution in [0.4, 0.5) is 10.1 Å². The zero-order valence-electron chi connectivity index (χ0n) is 11.3. The summed E-state index contributed by atoms with van der Waals surface area (Å²) in [6.45, 7) is 2.52. The predicted molar refractivity (Wildman–Crippen MR) is 75.2 cm³/mol. The highest BCUT2D eigenvalue weighted by Gasteiger charge is 2.22. The number of nitrogens with two attached hydrogens (primary N) is 1. The zero-order valence-corrected chi connectivity index (χ0v) is 11.3. The maximum absolute atomic E-state index is 13.9. The Morgan fingerprint density at radius 1 is 1.30 bits per heavy atom. The maximum Gasteiger partial charge on any atom is 0.294 e. The summed E-state index contributed by atoms with van der Waals surface area (Å²) in [5.41, 5.74) is 5.72. The molecule has 0 aliphatic rings. The monoisotopic (exact) mass is 276 g/mol. The van der Waals surface area contributed by atoms with Gasteiger partial charge in [0, 0.05) is 6.54 Å². The van der Waals surface area contributed by atoms with Gasteiger partial charge in [0.15, 0.2) is 5.76 Å². The van der Waals surface area contributed by atoms with E-state index >= 15 is 0 Å². The van der Waals surface area contributed by atoms with Gasteiger partial charge in [0.2, 0.25) is 0 Å². The normalized spacial score (nSPS) is 10.6. The summed E-state index contributed by atoms with van der Waals surface area (Å²) < 4.78 is 19.2. The number of halogens is 1. The lowest BCUT2D eigenvalue weighted by Crippen LogP contribution is -2.33. The summed E-state index contributed by atoms with van der Waals surface area (Å²) in [7, 11) is 0. The number of anilines is 1. The fraction of sp³-hybridized carbons (Fsp3) is 0.267. The van der Waals surface area contributed by atoms with Crippen molar-refractivity contribution in [2.45, 2.75) is 13.3 Å². The van der Waals surface area contributed by atoms with E-state index in [1.165, 1.54) is 11.0 Å². The number of amides is 1. The van der Waals surface area contributed by atoms with Gasteiger partial charge in [-0.15, -0.1) is 0 Å². The molecule has 5 heteroatoms. The van der Waals surface area contributed by atoms with Crippen molar-refractivity contribution < 1.29 is 13.6 Å². The SMILES string of the molecule is Cc1ccc(C(=O)N(CCCN)c2ccccc2F)o1. The fourth-order valence-corrected chi connectivity index (χ4v) is 1.93. The highest BCUT2D eigenvalue weighted by Crippen LogP contribution is 2.22. The van der Waals surface area contributed by atoms with Gasteiger partial charge in [0.1, 0.15) is 11.6 Å². The number of hydrogen-bond acceptors (Lipinski definition) is 3. The summed E-state index contributed by atoms with van der Waals surface area (Å²) in [6.07, 6.45) is 0.583. The minimum absolute atomic E-state index is 0.197. The van der Waals surface area contributed by atoms with Crippen LogP contribution < -0.4 is 10.6 Å². The minimum atomic E-state index is -0.443. The second-order valence-electron chi connectivity index (χ2n) is 4.46. The van der Waals surface area contributed by atoms with Gasteiger partial charge in [0.05, 0.1) is 5.69 Å². The number of benzene rings is 1. The molecule has 1 aromatic carbocycles. The molecule has 2 rings (SSSR count). The number of rotatable bonds is 5.